The van der Waals surface area contributed by atoms with Gasteiger partial charge in [-0.05, 0) is 17.4 Å². The van der Waals surface area contributed by atoms with Gasteiger partial charge in [0.15, 0.2) is 0 Å². The molecule has 1 spiro atoms. The summed E-state index contributed by atoms with van der Waals surface area (Å²) in [6.45, 7) is 1.91. The van der Waals surface area contributed by atoms with Gasteiger partial charge in [0.05, 0.1) is 12.3 Å². The van der Waals surface area contributed by atoms with Crippen LogP contribution < -0.4 is 10.6 Å². The number of β-amino-alcohol motifs (C(OH)–C–C–N with tert-alkyl or cyclic N) is 1. The molecule has 5 rings (SSSR count). The minimum Gasteiger partial charge on any atom is -0.391 e. The third-order valence-electron chi connectivity index (χ3n) is 6.85. The molecule has 2 aliphatic rings. The van der Waals surface area contributed by atoms with E-state index in [1.165, 1.54) is 5.56 Å². The number of hydrogen-bond donors (Lipinski definition) is 3. The standard InChI is InChI=1S/C24H26N4O2.2ClH/c1-28-19(13-26-22(28)17-10-6-3-7-11-17)23(30)27-12-18-21(16-8-4-2-5-9-16)24(18)15-25-14-20(24)29;;/h2-11,13,18,20-21,25,29H,12,14-15H2,1H3,(H,27,30);2*1H/t18-,20+,21-,24-;;/m0../s1. The van der Waals surface area contributed by atoms with Crippen molar-refractivity contribution in [3.05, 3.63) is 78.1 Å². The van der Waals surface area contributed by atoms with Gasteiger partial charge in [-0.2, -0.15) is 0 Å². The minimum atomic E-state index is -0.397. The molecular formula is C24H28Cl2N4O2. The van der Waals surface area contributed by atoms with Gasteiger partial charge in [0.25, 0.3) is 5.91 Å². The van der Waals surface area contributed by atoms with E-state index in [1.54, 1.807) is 6.20 Å². The van der Waals surface area contributed by atoms with Crippen LogP contribution in [0.4, 0.5) is 0 Å². The summed E-state index contributed by atoms with van der Waals surface area (Å²) in [5.74, 6) is 1.08. The van der Waals surface area contributed by atoms with E-state index in [1.807, 2.05) is 60.1 Å². The van der Waals surface area contributed by atoms with Crippen LogP contribution in [-0.4, -0.2) is 46.3 Å². The lowest BCUT2D eigenvalue weighted by Gasteiger charge is -2.15. The lowest BCUT2D eigenvalue weighted by Crippen LogP contribution is -2.31. The molecule has 0 radical (unpaired) electrons. The molecule has 0 bridgehead atoms. The minimum absolute atomic E-state index is 0. The molecule has 0 unspecified atom stereocenters. The molecule has 1 aliphatic carbocycles. The molecule has 1 saturated heterocycles. The topological polar surface area (TPSA) is 79.2 Å². The quantitative estimate of drug-likeness (QED) is 0.530. The first-order valence-corrected chi connectivity index (χ1v) is 10.4. The van der Waals surface area contributed by atoms with Gasteiger partial charge in [-0.25, -0.2) is 4.98 Å². The Morgan fingerprint density at radius 3 is 2.44 bits per heavy atom. The van der Waals surface area contributed by atoms with Crippen LogP contribution >= 0.6 is 24.8 Å². The maximum absolute atomic E-state index is 12.9. The smallest absolute Gasteiger partial charge is 0.269 e. The van der Waals surface area contributed by atoms with Gasteiger partial charge < -0.3 is 20.3 Å². The monoisotopic (exact) mass is 474 g/mol. The van der Waals surface area contributed by atoms with Gasteiger partial charge in [-0.1, -0.05) is 60.7 Å². The average molecular weight is 475 g/mol. The van der Waals surface area contributed by atoms with Gasteiger partial charge in [-0.3, -0.25) is 4.79 Å². The summed E-state index contributed by atoms with van der Waals surface area (Å²) in [7, 11) is 1.86. The van der Waals surface area contributed by atoms with Gasteiger partial charge >= 0.3 is 0 Å². The Labute approximate surface area is 200 Å². The fourth-order valence-electron chi connectivity index (χ4n) is 5.25. The Morgan fingerprint density at radius 1 is 1.16 bits per heavy atom. The number of aromatic nitrogens is 2. The molecule has 4 atom stereocenters. The Morgan fingerprint density at radius 2 is 1.81 bits per heavy atom. The first-order valence-electron chi connectivity index (χ1n) is 10.4. The first kappa shape index (κ1) is 24.3. The molecular weight excluding hydrogens is 447 g/mol. The summed E-state index contributed by atoms with van der Waals surface area (Å²) in [6.07, 6.45) is 1.23. The number of halogens is 2. The number of benzene rings is 2. The second-order valence-electron chi connectivity index (χ2n) is 8.36. The second kappa shape index (κ2) is 9.63. The molecule has 1 saturated carbocycles. The summed E-state index contributed by atoms with van der Waals surface area (Å²) in [4.78, 5) is 17.4. The van der Waals surface area contributed by atoms with Crippen LogP contribution in [0.15, 0.2) is 66.9 Å². The third-order valence-corrected chi connectivity index (χ3v) is 6.85. The number of nitrogens with one attached hydrogen (secondary N) is 2. The highest BCUT2D eigenvalue weighted by Crippen LogP contribution is 2.67. The summed E-state index contributed by atoms with van der Waals surface area (Å²) in [6, 6.07) is 20.2. The zero-order valence-electron chi connectivity index (χ0n) is 17.8. The van der Waals surface area contributed by atoms with Crippen molar-refractivity contribution in [3.63, 3.8) is 0 Å². The van der Waals surface area contributed by atoms with Crippen LogP contribution in [0.1, 0.15) is 22.0 Å². The van der Waals surface area contributed by atoms with Crippen molar-refractivity contribution < 1.29 is 9.90 Å². The number of imidazole rings is 1. The molecule has 3 N–H and O–H groups in total. The van der Waals surface area contributed by atoms with Crippen LogP contribution in [-0.2, 0) is 7.05 Å². The molecule has 1 aromatic heterocycles. The normalized spacial score (nSPS) is 25.6. The van der Waals surface area contributed by atoms with Gasteiger partial charge in [0.1, 0.15) is 11.5 Å². The average Bonchev–Trinajstić information content (AvgIpc) is 2.99. The molecule has 8 heteroatoms. The molecule has 1 amide bonds. The van der Waals surface area contributed by atoms with Crippen molar-refractivity contribution in [1.82, 2.24) is 20.2 Å². The SMILES string of the molecule is Cl.Cl.Cn1c(C(=O)NC[C@H]2[C@H](c3ccccc3)[C@@]23CNC[C@H]3O)cnc1-c1ccccc1. The summed E-state index contributed by atoms with van der Waals surface area (Å²) < 4.78 is 1.83. The second-order valence-corrected chi connectivity index (χ2v) is 8.36. The molecule has 2 fully saturated rings. The van der Waals surface area contributed by atoms with Crippen LogP contribution in [0.2, 0.25) is 0 Å². The van der Waals surface area contributed by atoms with Crippen LogP contribution in [0.5, 0.6) is 0 Å². The number of carbonyl (C=O) groups is 1. The van der Waals surface area contributed by atoms with Crippen molar-refractivity contribution in [1.29, 1.82) is 0 Å². The highest BCUT2D eigenvalue weighted by atomic mass is 35.5. The zero-order valence-corrected chi connectivity index (χ0v) is 19.4. The Kier molecular flexibility index (Phi) is 7.30. The molecule has 6 nitrogen and oxygen atoms in total. The highest BCUT2D eigenvalue weighted by molar-refractivity contribution is 5.93. The molecule has 3 aromatic rings. The van der Waals surface area contributed by atoms with Crippen molar-refractivity contribution in [2.24, 2.45) is 18.4 Å². The predicted molar refractivity (Wildman–Crippen MR) is 129 cm³/mol. The number of aliphatic hydroxyl groups is 1. The van der Waals surface area contributed by atoms with Crippen LogP contribution in [0, 0.1) is 11.3 Å². The van der Waals surface area contributed by atoms with Crippen molar-refractivity contribution in [2.75, 3.05) is 19.6 Å². The Balaban J connectivity index is 0.00000144. The summed E-state index contributed by atoms with van der Waals surface area (Å²) in [5, 5.41) is 17.1. The number of amides is 1. The van der Waals surface area contributed by atoms with Crippen molar-refractivity contribution >= 4 is 30.7 Å². The van der Waals surface area contributed by atoms with E-state index in [0.717, 1.165) is 17.9 Å². The maximum atomic E-state index is 12.9. The van der Waals surface area contributed by atoms with E-state index >= 15 is 0 Å². The number of nitrogens with zero attached hydrogens (tertiary/aromatic N) is 2. The lowest BCUT2D eigenvalue weighted by atomic mass is 9.95. The van der Waals surface area contributed by atoms with E-state index in [9.17, 15) is 9.90 Å². The summed E-state index contributed by atoms with van der Waals surface area (Å²) >= 11 is 0. The molecule has 2 heterocycles. The number of rotatable bonds is 5. The van der Waals surface area contributed by atoms with Gasteiger partial charge in [-0.15, -0.1) is 24.8 Å². The van der Waals surface area contributed by atoms with E-state index in [-0.39, 0.29) is 48.0 Å². The highest BCUT2D eigenvalue weighted by Gasteiger charge is 2.69. The molecule has 2 aromatic carbocycles. The maximum Gasteiger partial charge on any atom is 0.269 e. The fraction of sp³-hybridized carbons (Fsp3) is 0.333. The molecule has 32 heavy (non-hydrogen) atoms. The fourth-order valence-corrected chi connectivity index (χ4v) is 5.25. The third kappa shape index (κ3) is 3.92. The van der Waals surface area contributed by atoms with Crippen LogP contribution in [0.3, 0.4) is 0 Å². The van der Waals surface area contributed by atoms with E-state index in [4.69, 9.17) is 0 Å². The Hall–Kier alpha value is -2.38. The largest absolute Gasteiger partial charge is 0.391 e. The molecule has 170 valence electrons. The van der Waals surface area contributed by atoms with Gasteiger partial charge in [0, 0.05) is 37.7 Å². The van der Waals surface area contributed by atoms with E-state index in [2.05, 4.69) is 27.8 Å². The van der Waals surface area contributed by atoms with E-state index in [0.29, 0.717) is 18.8 Å². The van der Waals surface area contributed by atoms with Gasteiger partial charge in [0.2, 0.25) is 0 Å². The number of aliphatic hydroxyl groups excluding tert-OH is 1. The van der Waals surface area contributed by atoms with Crippen molar-refractivity contribution in [2.45, 2.75) is 12.0 Å². The first-order chi connectivity index (χ1) is 14.6. The van der Waals surface area contributed by atoms with Crippen molar-refractivity contribution in [3.8, 4) is 11.4 Å². The number of hydrogen-bond acceptors (Lipinski definition) is 4. The zero-order chi connectivity index (χ0) is 20.7. The predicted octanol–water partition coefficient (Wildman–Crippen LogP) is 3.02. The number of carbonyl (C=O) groups excluding carboxylic acids is 1. The Bertz CT molecular complexity index is 1060. The summed E-state index contributed by atoms with van der Waals surface area (Å²) in [5.41, 5.74) is 2.54. The lowest BCUT2D eigenvalue weighted by molar-refractivity contribution is 0.0931. The van der Waals surface area contributed by atoms with E-state index < -0.39 is 6.10 Å². The molecule has 1 aliphatic heterocycles. The van der Waals surface area contributed by atoms with Crippen LogP contribution in [0.25, 0.3) is 11.4 Å².